The highest BCUT2D eigenvalue weighted by Gasteiger charge is 2.30. The van der Waals surface area contributed by atoms with Crippen molar-refractivity contribution in [2.24, 2.45) is 5.92 Å². The van der Waals surface area contributed by atoms with Crippen molar-refractivity contribution in [2.75, 3.05) is 6.61 Å². The summed E-state index contributed by atoms with van der Waals surface area (Å²) in [7, 11) is 1.51. The molecule has 1 unspecified atom stereocenters. The van der Waals surface area contributed by atoms with Crippen molar-refractivity contribution in [3.05, 3.63) is 18.0 Å². The van der Waals surface area contributed by atoms with Crippen LogP contribution < -0.4 is 0 Å². The van der Waals surface area contributed by atoms with Gasteiger partial charge in [-0.1, -0.05) is 20.3 Å². The van der Waals surface area contributed by atoms with Crippen molar-refractivity contribution in [1.29, 1.82) is 0 Å². The fourth-order valence-electron chi connectivity index (χ4n) is 2.27. The molecule has 1 heterocycles. The molecule has 2 rings (SSSR count). The van der Waals surface area contributed by atoms with Crippen LogP contribution in [0.1, 0.15) is 56.1 Å². The van der Waals surface area contributed by atoms with E-state index in [1.165, 1.54) is 12.3 Å². The Bertz CT molecular complexity index is 619. The van der Waals surface area contributed by atoms with Crippen molar-refractivity contribution in [3.63, 3.8) is 0 Å². The maximum absolute atomic E-state index is 12.2. The molecular formula is C14H20ClNO4S. The Morgan fingerprint density at radius 2 is 2.19 bits per heavy atom. The van der Waals surface area contributed by atoms with Gasteiger partial charge in [0, 0.05) is 22.9 Å². The lowest BCUT2D eigenvalue weighted by molar-refractivity contribution is 0.0431. The zero-order chi connectivity index (χ0) is 15.6. The number of halogens is 1. The molecule has 0 spiro atoms. The molecule has 0 amide bonds. The molecule has 0 bridgehead atoms. The average Bonchev–Trinajstić information content (AvgIpc) is 3.13. The quantitative estimate of drug-likeness (QED) is 0.567. The van der Waals surface area contributed by atoms with Gasteiger partial charge in [0.1, 0.15) is 10.6 Å². The van der Waals surface area contributed by atoms with E-state index in [-0.39, 0.29) is 16.6 Å². The summed E-state index contributed by atoms with van der Waals surface area (Å²) in [5, 5.41) is 0. The molecule has 0 saturated heterocycles. The number of nitrogens with zero attached hydrogens (tertiary/aromatic N) is 1. The van der Waals surface area contributed by atoms with Gasteiger partial charge in [0.05, 0.1) is 6.61 Å². The van der Waals surface area contributed by atoms with Gasteiger partial charge >= 0.3 is 5.97 Å². The first-order valence-electron chi connectivity index (χ1n) is 7.16. The Kier molecular flexibility index (Phi) is 4.99. The van der Waals surface area contributed by atoms with Crippen LogP contribution in [0.3, 0.4) is 0 Å². The maximum atomic E-state index is 12.2. The number of hydrogen-bond donors (Lipinski definition) is 0. The summed E-state index contributed by atoms with van der Waals surface area (Å²) in [6.07, 6.45) is 5.31. The largest absolute Gasteiger partial charge is 0.461 e. The first-order valence-corrected chi connectivity index (χ1v) is 9.47. The normalized spacial score (nSPS) is 16.7. The van der Waals surface area contributed by atoms with Gasteiger partial charge < -0.3 is 9.30 Å². The number of hydrogen-bond acceptors (Lipinski definition) is 4. The minimum atomic E-state index is -3.84. The van der Waals surface area contributed by atoms with Crippen molar-refractivity contribution in [2.45, 2.75) is 50.5 Å². The molecule has 1 aliphatic rings. The lowest BCUT2D eigenvalue weighted by atomic mass is 10.1. The van der Waals surface area contributed by atoms with E-state index in [0.29, 0.717) is 12.5 Å². The van der Waals surface area contributed by atoms with Gasteiger partial charge in [0.25, 0.3) is 9.05 Å². The topological polar surface area (TPSA) is 65.4 Å². The van der Waals surface area contributed by atoms with Crippen molar-refractivity contribution >= 4 is 25.7 Å². The first kappa shape index (κ1) is 16.4. The van der Waals surface area contributed by atoms with Crippen LogP contribution in [-0.4, -0.2) is 25.6 Å². The predicted molar refractivity (Wildman–Crippen MR) is 80.1 cm³/mol. The van der Waals surface area contributed by atoms with Crippen molar-refractivity contribution in [3.8, 4) is 0 Å². The second kappa shape index (κ2) is 6.40. The summed E-state index contributed by atoms with van der Waals surface area (Å²) in [4.78, 5) is 12.1. The molecule has 1 atom stereocenters. The van der Waals surface area contributed by atoms with Crippen molar-refractivity contribution < 1.29 is 17.9 Å². The van der Waals surface area contributed by atoms with Gasteiger partial charge in [-0.05, 0) is 31.2 Å². The van der Waals surface area contributed by atoms with E-state index in [2.05, 4.69) is 6.92 Å². The van der Waals surface area contributed by atoms with Gasteiger partial charge in [-0.15, -0.1) is 0 Å². The van der Waals surface area contributed by atoms with Crippen LogP contribution in [0.5, 0.6) is 0 Å². The van der Waals surface area contributed by atoms with E-state index < -0.39 is 15.0 Å². The third-order valence-corrected chi connectivity index (χ3v) is 4.86. The number of ether oxygens (including phenoxy) is 1. The smallest absolute Gasteiger partial charge is 0.355 e. The van der Waals surface area contributed by atoms with Crippen LogP contribution in [0.4, 0.5) is 0 Å². The van der Waals surface area contributed by atoms with Gasteiger partial charge in [0.2, 0.25) is 0 Å². The molecule has 1 aromatic rings. The van der Waals surface area contributed by atoms with E-state index in [9.17, 15) is 13.2 Å². The highest BCUT2D eigenvalue weighted by atomic mass is 35.7. The molecule has 5 nitrogen and oxygen atoms in total. The predicted octanol–water partition coefficient (Wildman–Crippen LogP) is 3.34. The molecule has 7 heteroatoms. The number of carbonyl (C=O) groups excluding carboxylic acids is 1. The number of esters is 1. The number of aromatic nitrogens is 1. The van der Waals surface area contributed by atoms with Crippen LogP contribution in [0, 0.1) is 5.92 Å². The summed E-state index contributed by atoms with van der Waals surface area (Å²) in [5.74, 6) is -0.198. The van der Waals surface area contributed by atoms with Crippen LogP contribution in [0.15, 0.2) is 17.2 Å². The highest BCUT2D eigenvalue weighted by Crippen LogP contribution is 2.37. The molecule has 21 heavy (non-hydrogen) atoms. The standard InChI is InChI=1S/C14H20ClNO4S/c1-3-4-10(2)9-20-14(17)13-7-12(21(15,18)19)8-16(13)11-5-6-11/h7-8,10-11H,3-6,9H2,1-2H3. The zero-order valence-corrected chi connectivity index (χ0v) is 13.8. The average molecular weight is 334 g/mol. The van der Waals surface area contributed by atoms with Crippen LogP contribution >= 0.6 is 10.7 Å². The minimum Gasteiger partial charge on any atom is -0.461 e. The molecule has 1 aliphatic carbocycles. The summed E-state index contributed by atoms with van der Waals surface area (Å²) < 4.78 is 29.8. The fourth-order valence-corrected chi connectivity index (χ4v) is 3.02. The van der Waals surface area contributed by atoms with Gasteiger partial charge in [-0.25, -0.2) is 13.2 Å². The van der Waals surface area contributed by atoms with Crippen LogP contribution in [0.25, 0.3) is 0 Å². The van der Waals surface area contributed by atoms with Crippen LogP contribution in [-0.2, 0) is 13.8 Å². The molecule has 1 aromatic heterocycles. The van der Waals surface area contributed by atoms with E-state index >= 15 is 0 Å². The van der Waals surface area contributed by atoms with Gasteiger partial charge in [0.15, 0.2) is 0 Å². The molecule has 0 aliphatic heterocycles. The Morgan fingerprint density at radius 1 is 1.52 bits per heavy atom. The number of carbonyl (C=O) groups is 1. The molecule has 1 fully saturated rings. The Labute approximate surface area is 129 Å². The monoisotopic (exact) mass is 333 g/mol. The lowest BCUT2D eigenvalue weighted by Gasteiger charge is -2.12. The third-order valence-electron chi connectivity index (χ3n) is 3.53. The molecular weight excluding hydrogens is 314 g/mol. The fraction of sp³-hybridized carbons (Fsp3) is 0.643. The molecule has 0 radical (unpaired) electrons. The van der Waals surface area contributed by atoms with Gasteiger partial charge in [-0.2, -0.15) is 0 Å². The summed E-state index contributed by atoms with van der Waals surface area (Å²) in [5.41, 5.74) is 0.264. The maximum Gasteiger partial charge on any atom is 0.355 e. The molecule has 0 N–H and O–H groups in total. The minimum absolute atomic E-state index is 0.0513. The highest BCUT2D eigenvalue weighted by molar-refractivity contribution is 8.13. The third kappa shape index (κ3) is 4.23. The van der Waals surface area contributed by atoms with E-state index in [1.54, 1.807) is 4.57 Å². The van der Waals surface area contributed by atoms with Gasteiger partial charge in [-0.3, -0.25) is 0 Å². The molecule has 118 valence electrons. The Morgan fingerprint density at radius 3 is 2.71 bits per heavy atom. The zero-order valence-electron chi connectivity index (χ0n) is 12.2. The second-order valence-corrected chi connectivity index (χ2v) is 8.20. The van der Waals surface area contributed by atoms with Crippen LogP contribution in [0.2, 0.25) is 0 Å². The van der Waals surface area contributed by atoms with E-state index in [0.717, 1.165) is 25.7 Å². The number of rotatable bonds is 7. The first-order chi connectivity index (χ1) is 9.82. The summed E-state index contributed by atoms with van der Waals surface area (Å²) >= 11 is 0. The van der Waals surface area contributed by atoms with E-state index in [4.69, 9.17) is 15.4 Å². The van der Waals surface area contributed by atoms with Crippen molar-refractivity contribution in [1.82, 2.24) is 4.57 Å². The Balaban J connectivity index is 2.14. The Hall–Kier alpha value is -1.01. The molecule has 0 aromatic carbocycles. The SMILES string of the molecule is CCCC(C)COC(=O)c1cc(S(=O)(=O)Cl)cn1C1CC1. The summed E-state index contributed by atoms with van der Waals surface area (Å²) in [6, 6.07) is 1.47. The van der Waals surface area contributed by atoms with E-state index in [1.807, 2.05) is 6.92 Å². The second-order valence-electron chi connectivity index (χ2n) is 5.63. The molecule has 1 saturated carbocycles. The summed E-state index contributed by atoms with van der Waals surface area (Å²) in [6.45, 7) is 4.44. The lowest BCUT2D eigenvalue weighted by Crippen LogP contribution is -2.15.